The number of unbranched alkanes of at least 4 members (excludes halogenated alkanes) is 9. The standard InChI is InChI=1S/C45H78O14P2/c1-4-6-7-8-9-10-11-12-13-17-20-23-27-32-41(46)33-28-25-30-34-44(48)55-38-43(39-58-61(53,54)57-37-42(47)36-56-60(50,51)52)59-45(49)35-29-24-21-18-15-14-16-19-22-26-31-40(3)5-2/h6-7,9-10,12-13,20,23,25,27-28,32,40-43,46-47H,4-5,8,11,14-19,21-22,24,26,29-31,33-39H2,1-3H3,(H,53,54)(H2,50,51,52)/b7-6-,10-9-,13-12-,23-20-,28-25-,32-27-/t40?,41?,42-,43+/m0/s1. The highest BCUT2D eigenvalue weighted by Crippen LogP contribution is 2.43. The summed E-state index contributed by atoms with van der Waals surface area (Å²) in [6.07, 6.45) is 37.9. The predicted octanol–water partition coefficient (Wildman–Crippen LogP) is 10.2. The fourth-order valence-corrected chi connectivity index (χ4v) is 6.65. The minimum atomic E-state index is -4.88. The van der Waals surface area contributed by atoms with Crippen LogP contribution in [0.15, 0.2) is 72.9 Å². The smallest absolute Gasteiger partial charge is 0.462 e. The van der Waals surface area contributed by atoms with Gasteiger partial charge < -0.3 is 34.4 Å². The summed E-state index contributed by atoms with van der Waals surface area (Å²) < 4.78 is 47.6. The number of phosphoric ester groups is 2. The van der Waals surface area contributed by atoms with Crippen LogP contribution in [0.2, 0.25) is 0 Å². The summed E-state index contributed by atoms with van der Waals surface area (Å²) in [6, 6.07) is 0. The molecule has 0 aromatic carbocycles. The molecule has 0 aromatic rings. The van der Waals surface area contributed by atoms with Crippen LogP contribution in [0, 0.1) is 5.92 Å². The second-order valence-corrected chi connectivity index (χ2v) is 17.7. The Kier molecular flexibility index (Phi) is 37.5. The topological polar surface area (TPSA) is 216 Å². The van der Waals surface area contributed by atoms with Gasteiger partial charge in [-0.05, 0) is 50.9 Å². The van der Waals surface area contributed by atoms with Crippen molar-refractivity contribution < 1.29 is 66.7 Å². The molecule has 0 aromatic heterocycles. The molecule has 5 N–H and O–H groups in total. The molecule has 0 aliphatic heterocycles. The number of hydrogen-bond donors (Lipinski definition) is 5. The third kappa shape index (κ3) is 42.6. The zero-order valence-electron chi connectivity index (χ0n) is 37.0. The Bertz CT molecular complexity index is 1390. The average molecular weight is 905 g/mol. The minimum absolute atomic E-state index is 0.0136. The molecule has 0 saturated heterocycles. The SMILES string of the molecule is CC/C=C\C/C=C\C/C=C\C/C=C\C=C/C(O)C/C=C\CCC(=O)OC[C@H](COP(=O)(O)OC[C@@H](O)COP(=O)(O)O)OC(=O)CCCCCCCCCCCCC(C)CC. The summed E-state index contributed by atoms with van der Waals surface area (Å²) in [6.45, 7) is 3.76. The van der Waals surface area contributed by atoms with Gasteiger partial charge in [-0.3, -0.25) is 23.2 Å². The Morgan fingerprint density at radius 3 is 1.77 bits per heavy atom. The van der Waals surface area contributed by atoms with Gasteiger partial charge in [0.25, 0.3) is 0 Å². The summed E-state index contributed by atoms with van der Waals surface area (Å²) in [5.74, 6) is -0.410. The van der Waals surface area contributed by atoms with Crippen LogP contribution in [0.1, 0.15) is 149 Å². The highest BCUT2D eigenvalue weighted by Gasteiger charge is 2.28. The molecule has 352 valence electrons. The molecule has 16 heteroatoms. The van der Waals surface area contributed by atoms with Crippen molar-refractivity contribution in [3.63, 3.8) is 0 Å². The number of esters is 2. The molecule has 0 saturated carbocycles. The van der Waals surface area contributed by atoms with E-state index in [1.807, 2.05) is 12.2 Å². The Morgan fingerprint density at radius 2 is 1.16 bits per heavy atom. The van der Waals surface area contributed by atoms with Crippen LogP contribution in [0.25, 0.3) is 0 Å². The van der Waals surface area contributed by atoms with Crippen molar-refractivity contribution in [2.45, 2.75) is 167 Å². The lowest BCUT2D eigenvalue weighted by molar-refractivity contribution is -0.161. The Labute approximate surface area is 366 Å². The monoisotopic (exact) mass is 904 g/mol. The molecule has 5 atom stereocenters. The van der Waals surface area contributed by atoms with Gasteiger partial charge in [0.2, 0.25) is 0 Å². The quantitative estimate of drug-likeness (QED) is 0.0127. The van der Waals surface area contributed by atoms with Gasteiger partial charge in [0.05, 0.1) is 25.9 Å². The van der Waals surface area contributed by atoms with E-state index in [-0.39, 0.29) is 12.8 Å². The molecule has 0 aliphatic rings. The van der Waals surface area contributed by atoms with Crippen molar-refractivity contribution in [3.05, 3.63) is 72.9 Å². The van der Waals surface area contributed by atoms with Gasteiger partial charge in [-0.1, -0.05) is 164 Å². The Hall–Kier alpha value is -2.48. The zero-order chi connectivity index (χ0) is 45.5. The van der Waals surface area contributed by atoms with Crippen LogP contribution in [0.4, 0.5) is 0 Å². The normalized spacial score (nSPS) is 15.7. The summed E-state index contributed by atoms with van der Waals surface area (Å²) >= 11 is 0. The fourth-order valence-electron chi connectivity index (χ4n) is 5.49. The molecule has 0 amide bonds. The van der Waals surface area contributed by atoms with E-state index in [1.165, 1.54) is 44.9 Å². The van der Waals surface area contributed by atoms with Crippen molar-refractivity contribution >= 4 is 27.6 Å². The summed E-state index contributed by atoms with van der Waals surface area (Å²) in [5.41, 5.74) is 0. The van der Waals surface area contributed by atoms with E-state index < -0.39 is 72.3 Å². The number of carbonyl (C=O) groups is 2. The van der Waals surface area contributed by atoms with E-state index in [1.54, 1.807) is 24.3 Å². The fraction of sp³-hybridized carbons (Fsp3) is 0.689. The van der Waals surface area contributed by atoms with Crippen LogP contribution in [0.3, 0.4) is 0 Å². The predicted molar refractivity (Wildman–Crippen MR) is 240 cm³/mol. The van der Waals surface area contributed by atoms with E-state index in [2.05, 4.69) is 66.3 Å². The third-order valence-corrected chi connectivity index (χ3v) is 10.7. The highest BCUT2D eigenvalue weighted by molar-refractivity contribution is 7.47. The molecule has 0 radical (unpaired) electrons. The van der Waals surface area contributed by atoms with Crippen LogP contribution in [-0.4, -0.2) is 81.6 Å². The molecule has 14 nitrogen and oxygen atoms in total. The largest absolute Gasteiger partial charge is 0.472 e. The number of ether oxygens (including phenoxy) is 2. The number of hydrogen-bond acceptors (Lipinski definition) is 11. The maximum Gasteiger partial charge on any atom is 0.472 e. The van der Waals surface area contributed by atoms with Gasteiger partial charge in [-0.2, -0.15) is 0 Å². The van der Waals surface area contributed by atoms with Crippen molar-refractivity contribution in [2.24, 2.45) is 5.92 Å². The molecular weight excluding hydrogens is 826 g/mol. The lowest BCUT2D eigenvalue weighted by Crippen LogP contribution is -2.29. The number of aliphatic hydroxyl groups excluding tert-OH is 2. The summed E-state index contributed by atoms with van der Waals surface area (Å²) in [5, 5.41) is 19.9. The first-order valence-corrected chi connectivity index (χ1v) is 25.2. The second-order valence-electron chi connectivity index (χ2n) is 15.0. The number of rotatable bonds is 40. The molecule has 3 unspecified atom stereocenters. The Morgan fingerprint density at radius 1 is 0.607 bits per heavy atom. The minimum Gasteiger partial charge on any atom is -0.462 e. The van der Waals surface area contributed by atoms with Crippen LogP contribution < -0.4 is 0 Å². The first-order valence-electron chi connectivity index (χ1n) is 22.1. The van der Waals surface area contributed by atoms with Crippen molar-refractivity contribution in [1.82, 2.24) is 0 Å². The van der Waals surface area contributed by atoms with Gasteiger partial charge in [0.15, 0.2) is 6.10 Å². The molecule has 0 spiro atoms. The molecule has 0 bridgehead atoms. The van der Waals surface area contributed by atoms with Crippen molar-refractivity contribution in [2.75, 3.05) is 26.4 Å². The third-order valence-electron chi connectivity index (χ3n) is 9.23. The van der Waals surface area contributed by atoms with Gasteiger partial charge >= 0.3 is 27.6 Å². The molecule has 0 aliphatic carbocycles. The molecule has 0 fully saturated rings. The highest BCUT2D eigenvalue weighted by atomic mass is 31.2. The van der Waals surface area contributed by atoms with Crippen molar-refractivity contribution in [3.8, 4) is 0 Å². The van der Waals surface area contributed by atoms with Gasteiger partial charge in [-0.25, -0.2) is 9.13 Å². The average Bonchev–Trinajstić information content (AvgIpc) is 3.21. The molecule has 0 rings (SSSR count). The lowest BCUT2D eigenvalue weighted by atomic mass is 9.99. The maximum atomic E-state index is 12.7. The second kappa shape index (κ2) is 39.1. The Balaban J connectivity index is 4.72. The van der Waals surface area contributed by atoms with E-state index in [0.29, 0.717) is 19.3 Å². The lowest BCUT2D eigenvalue weighted by Gasteiger charge is -2.20. The van der Waals surface area contributed by atoms with E-state index in [4.69, 9.17) is 23.8 Å². The van der Waals surface area contributed by atoms with Crippen LogP contribution >= 0.6 is 15.6 Å². The maximum absolute atomic E-state index is 12.7. The number of carbonyl (C=O) groups excluding carboxylic acids is 2. The first kappa shape index (κ1) is 58.5. The number of allylic oxidation sites excluding steroid dienone is 10. The van der Waals surface area contributed by atoms with E-state index in [0.717, 1.165) is 57.3 Å². The van der Waals surface area contributed by atoms with Crippen LogP contribution in [0.5, 0.6) is 0 Å². The summed E-state index contributed by atoms with van der Waals surface area (Å²) in [4.78, 5) is 52.7. The van der Waals surface area contributed by atoms with Gasteiger partial charge in [-0.15, -0.1) is 0 Å². The van der Waals surface area contributed by atoms with E-state index in [9.17, 15) is 33.8 Å². The zero-order valence-corrected chi connectivity index (χ0v) is 38.8. The van der Waals surface area contributed by atoms with E-state index >= 15 is 0 Å². The summed E-state index contributed by atoms with van der Waals surface area (Å²) in [7, 11) is -9.73. The van der Waals surface area contributed by atoms with Crippen LogP contribution in [-0.2, 0) is 41.8 Å². The van der Waals surface area contributed by atoms with Gasteiger partial charge in [0, 0.05) is 12.8 Å². The first-order chi connectivity index (χ1) is 29.2. The number of aliphatic hydroxyl groups is 2. The molecular formula is C45H78O14P2. The molecule has 61 heavy (non-hydrogen) atoms. The van der Waals surface area contributed by atoms with Crippen molar-refractivity contribution in [1.29, 1.82) is 0 Å². The number of phosphoric acid groups is 2. The molecule has 0 heterocycles. The van der Waals surface area contributed by atoms with Gasteiger partial charge in [0.1, 0.15) is 12.7 Å².